The van der Waals surface area contributed by atoms with Crippen molar-refractivity contribution >= 4 is 40.4 Å². The first kappa shape index (κ1) is 15.6. The maximum atomic E-state index is 13.2. The Morgan fingerprint density at radius 3 is 2.43 bits per heavy atom. The zero-order chi connectivity index (χ0) is 15.6. The molecule has 0 saturated heterocycles. The minimum absolute atomic E-state index is 0.0898. The lowest BCUT2D eigenvalue weighted by Gasteiger charge is -2.15. The van der Waals surface area contributed by atoms with Crippen molar-refractivity contribution in [2.45, 2.75) is 20.0 Å². The number of anilines is 3. The average Bonchev–Trinajstić information content (AvgIpc) is 2.37. The van der Waals surface area contributed by atoms with Gasteiger partial charge in [-0.15, -0.1) is 0 Å². The number of nitrogens with two attached hydrogens (primary N) is 1. The second kappa shape index (κ2) is 6.32. The summed E-state index contributed by atoms with van der Waals surface area (Å²) in [7, 11) is 0. The number of nitrogens with zero attached hydrogens (tertiary/aromatic N) is 2. The van der Waals surface area contributed by atoms with Gasteiger partial charge in [-0.05, 0) is 26.0 Å². The second-order valence-corrected chi connectivity index (χ2v) is 5.29. The van der Waals surface area contributed by atoms with Crippen molar-refractivity contribution in [3.63, 3.8) is 0 Å². The van der Waals surface area contributed by atoms with E-state index in [9.17, 15) is 4.39 Å². The van der Waals surface area contributed by atoms with Crippen LogP contribution in [0.5, 0.6) is 5.88 Å². The summed E-state index contributed by atoms with van der Waals surface area (Å²) in [4.78, 5) is 7.96. The van der Waals surface area contributed by atoms with E-state index in [0.29, 0.717) is 5.69 Å². The quantitative estimate of drug-likeness (QED) is 0.885. The van der Waals surface area contributed by atoms with Crippen LogP contribution in [0.15, 0.2) is 18.5 Å². The van der Waals surface area contributed by atoms with Crippen molar-refractivity contribution in [2.75, 3.05) is 11.1 Å². The minimum atomic E-state index is -0.532. The summed E-state index contributed by atoms with van der Waals surface area (Å²) in [5.74, 6) is -0.0112. The summed E-state index contributed by atoms with van der Waals surface area (Å²) < 4.78 is 18.6. The molecule has 0 radical (unpaired) electrons. The summed E-state index contributed by atoms with van der Waals surface area (Å²) >= 11 is 11.9. The molecule has 0 saturated carbocycles. The van der Waals surface area contributed by atoms with Gasteiger partial charge in [0.05, 0.1) is 21.8 Å². The van der Waals surface area contributed by atoms with Gasteiger partial charge in [0, 0.05) is 0 Å². The summed E-state index contributed by atoms with van der Waals surface area (Å²) in [6.45, 7) is 3.70. The molecule has 0 unspecified atom stereocenters. The highest BCUT2D eigenvalue weighted by atomic mass is 35.5. The number of hydrogen-bond donors (Lipinski definition) is 2. The molecule has 5 nitrogen and oxygen atoms in total. The summed E-state index contributed by atoms with van der Waals surface area (Å²) in [5.41, 5.74) is 6.45. The fraction of sp³-hybridized carbons (Fsp3) is 0.231. The predicted molar refractivity (Wildman–Crippen MR) is 81.9 cm³/mol. The predicted octanol–water partition coefficient (Wildman–Crippen LogP) is 4.04. The smallest absolute Gasteiger partial charge is 0.242 e. The maximum absolute atomic E-state index is 13.2. The van der Waals surface area contributed by atoms with E-state index in [4.69, 9.17) is 33.7 Å². The molecule has 1 heterocycles. The topological polar surface area (TPSA) is 73.1 Å². The molecule has 0 atom stereocenters. The van der Waals surface area contributed by atoms with Crippen LogP contribution in [0.1, 0.15) is 13.8 Å². The van der Waals surface area contributed by atoms with Crippen LogP contribution in [0.25, 0.3) is 0 Å². The van der Waals surface area contributed by atoms with Crippen molar-refractivity contribution in [1.29, 1.82) is 0 Å². The Morgan fingerprint density at radius 2 is 1.86 bits per heavy atom. The molecule has 0 aliphatic carbocycles. The lowest BCUT2D eigenvalue weighted by atomic mass is 10.3. The number of rotatable bonds is 4. The molecule has 1 aromatic heterocycles. The summed E-state index contributed by atoms with van der Waals surface area (Å²) in [5, 5.41) is 3.09. The van der Waals surface area contributed by atoms with Gasteiger partial charge in [-0.1, -0.05) is 23.2 Å². The van der Waals surface area contributed by atoms with Gasteiger partial charge in [-0.25, -0.2) is 9.37 Å². The number of ether oxygens (including phenoxy) is 1. The van der Waals surface area contributed by atoms with Crippen molar-refractivity contribution in [3.05, 3.63) is 34.3 Å². The van der Waals surface area contributed by atoms with Crippen LogP contribution in [-0.2, 0) is 0 Å². The highest BCUT2D eigenvalue weighted by Crippen LogP contribution is 2.36. The lowest BCUT2D eigenvalue weighted by molar-refractivity contribution is 0.234. The molecule has 0 aliphatic rings. The molecule has 21 heavy (non-hydrogen) atoms. The number of aromatic nitrogens is 2. The van der Waals surface area contributed by atoms with E-state index in [1.807, 2.05) is 13.8 Å². The zero-order valence-electron chi connectivity index (χ0n) is 11.3. The summed E-state index contributed by atoms with van der Waals surface area (Å²) in [6.07, 6.45) is 1.20. The zero-order valence-corrected chi connectivity index (χ0v) is 12.8. The maximum Gasteiger partial charge on any atom is 0.242 e. The van der Waals surface area contributed by atoms with Gasteiger partial charge in [0.25, 0.3) is 0 Å². The van der Waals surface area contributed by atoms with Crippen molar-refractivity contribution in [1.82, 2.24) is 9.97 Å². The van der Waals surface area contributed by atoms with E-state index in [2.05, 4.69) is 15.3 Å². The van der Waals surface area contributed by atoms with Gasteiger partial charge in [0.2, 0.25) is 5.88 Å². The van der Waals surface area contributed by atoms with Crippen molar-refractivity contribution in [3.8, 4) is 5.88 Å². The molecule has 0 aliphatic heterocycles. The monoisotopic (exact) mass is 330 g/mol. The Balaban J connectivity index is 2.36. The number of nitrogens with one attached hydrogen (secondary N) is 1. The molecule has 2 aromatic rings. The third-order valence-corrected chi connectivity index (χ3v) is 3.04. The summed E-state index contributed by atoms with van der Waals surface area (Å²) in [6, 6.07) is 2.28. The fourth-order valence-electron chi connectivity index (χ4n) is 1.58. The molecule has 0 bridgehead atoms. The average molecular weight is 331 g/mol. The van der Waals surface area contributed by atoms with E-state index in [1.165, 1.54) is 6.33 Å². The minimum Gasteiger partial charge on any atom is -0.473 e. The van der Waals surface area contributed by atoms with Crippen LogP contribution in [0.4, 0.5) is 21.6 Å². The van der Waals surface area contributed by atoms with Crippen molar-refractivity contribution < 1.29 is 9.13 Å². The van der Waals surface area contributed by atoms with Crippen LogP contribution in [0.3, 0.4) is 0 Å². The first-order valence-corrected chi connectivity index (χ1v) is 6.82. The van der Waals surface area contributed by atoms with Gasteiger partial charge in [0.15, 0.2) is 5.82 Å². The Bertz CT molecular complexity index is 644. The van der Waals surface area contributed by atoms with Crippen LogP contribution >= 0.6 is 23.2 Å². The number of halogens is 3. The van der Waals surface area contributed by atoms with E-state index in [0.717, 1.165) is 12.1 Å². The molecule has 2 rings (SSSR count). The Hall–Kier alpha value is -1.79. The van der Waals surface area contributed by atoms with Gasteiger partial charge < -0.3 is 15.8 Å². The van der Waals surface area contributed by atoms with Crippen LogP contribution in [-0.4, -0.2) is 16.1 Å². The first-order valence-electron chi connectivity index (χ1n) is 6.07. The highest BCUT2D eigenvalue weighted by molar-refractivity contribution is 6.39. The third kappa shape index (κ3) is 3.65. The van der Waals surface area contributed by atoms with Crippen LogP contribution < -0.4 is 15.8 Å². The molecule has 1 aromatic carbocycles. The SMILES string of the molecule is CC(C)Oc1ncnc(Nc2c(Cl)cc(F)cc2Cl)c1N. The first-order chi connectivity index (χ1) is 9.88. The number of nitrogen functional groups attached to an aromatic ring is 1. The van der Waals surface area contributed by atoms with Gasteiger partial charge >= 0.3 is 0 Å². The largest absolute Gasteiger partial charge is 0.473 e. The molecular formula is C13H13Cl2FN4O. The van der Waals surface area contributed by atoms with Crippen LogP contribution in [0, 0.1) is 5.82 Å². The Morgan fingerprint density at radius 1 is 1.24 bits per heavy atom. The number of benzene rings is 1. The van der Waals surface area contributed by atoms with Gasteiger partial charge in [-0.3, -0.25) is 0 Å². The van der Waals surface area contributed by atoms with E-state index >= 15 is 0 Å². The van der Waals surface area contributed by atoms with E-state index in [-0.39, 0.29) is 33.5 Å². The highest BCUT2D eigenvalue weighted by Gasteiger charge is 2.14. The molecule has 0 amide bonds. The van der Waals surface area contributed by atoms with E-state index < -0.39 is 5.82 Å². The second-order valence-electron chi connectivity index (χ2n) is 4.48. The number of hydrogen-bond acceptors (Lipinski definition) is 5. The fourth-order valence-corrected chi connectivity index (χ4v) is 2.13. The lowest BCUT2D eigenvalue weighted by Crippen LogP contribution is -2.11. The van der Waals surface area contributed by atoms with E-state index in [1.54, 1.807) is 0 Å². The molecule has 112 valence electrons. The molecule has 0 spiro atoms. The van der Waals surface area contributed by atoms with Gasteiger partial charge in [0.1, 0.15) is 17.8 Å². The molecule has 0 fully saturated rings. The van der Waals surface area contributed by atoms with Gasteiger partial charge in [-0.2, -0.15) is 4.98 Å². The van der Waals surface area contributed by atoms with Crippen LogP contribution in [0.2, 0.25) is 10.0 Å². The standard InChI is InChI=1S/C13H13Cl2FN4O/c1-6(2)21-13-10(17)12(18-5-19-13)20-11-8(14)3-7(16)4-9(11)15/h3-6H,17H2,1-2H3,(H,18,19,20). The molecule has 3 N–H and O–H groups in total. The Kier molecular flexibility index (Phi) is 4.69. The normalized spacial score (nSPS) is 10.8. The third-order valence-electron chi connectivity index (χ3n) is 2.44. The molecular weight excluding hydrogens is 318 g/mol. The molecule has 8 heteroatoms. The van der Waals surface area contributed by atoms with Crippen molar-refractivity contribution in [2.24, 2.45) is 0 Å². The Labute approximate surface area is 131 Å².